The van der Waals surface area contributed by atoms with Crippen molar-refractivity contribution in [1.29, 1.82) is 0 Å². The number of H-pyrrole nitrogens is 1. The van der Waals surface area contributed by atoms with Crippen molar-refractivity contribution in [3.05, 3.63) is 30.0 Å². The predicted molar refractivity (Wildman–Crippen MR) is 87.8 cm³/mol. The van der Waals surface area contributed by atoms with Crippen LogP contribution in [0, 0.1) is 0 Å². The summed E-state index contributed by atoms with van der Waals surface area (Å²) in [5.41, 5.74) is 3.37. The molecule has 1 unspecified atom stereocenters. The molecule has 1 aromatic carbocycles. The van der Waals surface area contributed by atoms with E-state index in [1.807, 2.05) is 18.3 Å². The Kier molecular flexibility index (Phi) is 3.93. The van der Waals surface area contributed by atoms with E-state index in [9.17, 15) is 0 Å². The standard InChI is InChI=1S/C17H22N4O2/c1-12-10-21(5-4-18-12)11-14-9-19-20-17(14)13-2-3-15-16(8-13)23-7-6-22-15/h2-3,8-9,12,18H,4-7,10-11H2,1H3,(H,19,20). The van der Waals surface area contributed by atoms with E-state index in [0.717, 1.165) is 48.9 Å². The van der Waals surface area contributed by atoms with Gasteiger partial charge in [0.15, 0.2) is 11.5 Å². The number of nitrogens with zero attached hydrogens (tertiary/aromatic N) is 2. The summed E-state index contributed by atoms with van der Waals surface area (Å²) >= 11 is 0. The molecule has 0 spiro atoms. The molecule has 6 heteroatoms. The van der Waals surface area contributed by atoms with Crippen LogP contribution in [0.1, 0.15) is 12.5 Å². The van der Waals surface area contributed by atoms with Crippen molar-refractivity contribution in [3.63, 3.8) is 0 Å². The lowest BCUT2D eigenvalue weighted by Crippen LogP contribution is -2.48. The minimum absolute atomic E-state index is 0.536. The van der Waals surface area contributed by atoms with E-state index in [2.05, 4.69) is 33.4 Å². The quantitative estimate of drug-likeness (QED) is 0.902. The van der Waals surface area contributed by atoms with Gasteiger partial charge in [-0.1, -0.05) is 0 Å². The first-order valence-corrected chi connectivity index (χ1v) is 8.17. The minimum atomic E-state index is 0.536. The fourth-order valence-electron chi connectivity index (χ4n) is 3.28. The van der Waals surface area contributed by atoms with E-state index >= 15 is 0 Å². The van der Waals surface area contributed by atoms with Gasteiger partial charge in [-0.3, -0.25) is 10.00 Å². The summed E-state index contributed by atoms with van der Waals surface area (Å²) in [4.78, 5) is 2.47. The van der Waals surface area contributed by atoms with Crippen LogP contribution in [0.25, 0.3) is 11.3 Å². The topological polar surface area (TPSA) is 62.4 Å². The van der Waals surface area contributed by atoms with Crippen molar-refractivity contribution < 1.29 is 9.47 Å². The zero-order valence-electron chi connectivity index (χ0n) is 13.3. The van der Waals surface area contributed by atoms with Crippen LogP contribution in [0.2, 0.25) is 0 Å². The zero-order chi connectivity index (χ0) is 15.6. The molecule has 2 aliphatic rings. The van der Waals surface area contributed by atoms with Gasteiger partial charge in [0.1, 0.15) is 13.2 Å². The molecule has 3 heterocycles. The molecule has 1 atom stereocenters. The van der Waals surface area contributed by atoms with Crippen LogP contribution in [0.4, 0.5) is 0 Å². The fraction of sp³-hybridized carbons (Fsp3) is 0.471. The molecular weight excluding hydrogens is 292 g/mol. The number of rotatable bonds is 3. The van der Waals surface area contributed by atoms with Crippen molar-refractivity contribution in [2.75, 3.05) is 32.8 Å². The molecule has 0 saturated carbocycles. The maximum atomic E-state index is 5.69. The highest BCUT2D eigenvalue weighted by molar-refractivity contribution is 5.66. The van der Waals surface area contributed by atoms with Crippen molar-refractivity contribution in [2.45, 2.75) is 19.5 Å². The van der Waals surface area contributed by atoms with Gasteiger partial charge in [-0.05, 0) is 25.1 Å². The van der Waals surface area contributed by atoms with Crippen LogP contribution in [0.15, 0.2) is 24.4 Å². The van der Waals surface area contributed by atoms with Crippen LogP contribution < -0.4 is 14.8 Å². The minimum Gasteiger partial charge on any atom is -0.486 e. The first-order chi connectivity index (χ1) is 11.3. The summed E-state index contributed by atoms with van der Waals surface area (Å²) in [5, 5.41) is 10.9. The molecule has 4 rings (SSSR count). The van der Waals surface area contributed by atoms with Gasteiger partial charge in [0.25, 0.3) is 0 Å². The maximum Gasteiger partial charge on any atom is 0.162 e. The van der Waals surface area contributed by atoms with E-state index in [0.29, 0.717) is 19.3 Å². The van der Waals surface area contributed by atoms with Crippen molar-refractivity contribution in [2.24, 2.45) is 0 Å². The lowest BCUT2D eigenvalue weighted by Gasteiger charge is -2.31. The molecule has 0 bridgehead atoms. The van der Waals surface area contributed by atoms with Gasteiger partial charge in [0.05, 0.1) is 11.9 Å². The molecule has 0 radical (unpaired) electrons. The Morgan fingerprint density at radius 1 is 1.26 bits per heavy atom. The van der Waals surface area contributed by atoms with Gasteiger partial charge in [-0.25, -0.2) is 0 Å². The molecule has 6 nitrogen and oxygen atoms in total. The molecule has 2 aromatic rings. The second-order valence-corrected chi connectivity index (χ2v) is 6.22. The summed E-state index contributed by atoms with van der Waals surface area (Å²) in [6.07, 6.45) is 1.93. The lowest BCUT2D eigenvalue weighted by atomic mass is 10.1. The normalized spacial score (nSPS) is 21.3. The monoisotopic (exact) mass is 314 g/mol. The third-order valence-corrected chi connectivity index (χ3v) is 4.40. The first kappa shape index (κ1) is 14.5. The van der Waals surface area contributed by atoms with Gasteiger partial charge < -0.3 is 14.8 Å². The average Bonchev–Trinajstić information content (AvgIpc) is 3.02. The molecule has 1 fully saturated rings. The molecule has 122 valence electrons. The summed E-state index contributed by atoms with van der Waals surface area (Å²) < 4.78 is 11.3. The number of aromatic amines is 1. The van der Waals surface area contributed by atoms with Gasteiger partial charge in [0.2, 0.25) is 0 Å². The summed E-state index contributed by atoms with van der Waals surface area (Å²) in [6, 6.07) is 6.60. The Labute approximate surface area is 135 Å². The molecule has 1 aromatic heterocycles. The van der Waals surface area contributed by atoms with E-state index in [1.54, 1.807) is 0 Å². The predicted octanol–water partition coefficient (Wildman–Crippen LogP) is 1.64. The molecular formula is C17H22N4O2. The number of fused-ring (bicyclic) bond motifs is 1. The number of benzene rings is 1. The average molecular weight is 314 g/mol. The Morgan fingerprint density at radius 2 is 2.13 bits per heavy atom. The van der Waals surface area contributed by atoms with E-state index in [4.69, 9.17) is 9.47 Å². The largest absolute Gasteiger partial charge is 0.486 e. The first-order valence-electron chi connectivity index (χ1n) is 8.17. The number of piperazine rings is 1. The van der Waals surface area contributed by atoms with E-state index in [-0.39, 0.29) is 0 Å². The Bertz CT molecular complexity index is 685. The van der Waals surface area contributed by atoms with Crippen molar-refractivity contribution >= 4 is 0 Å². The van der Waals surface area contributed by atoms with Crippen LogP contribution in [0.3, 0.4) is 0 Å². The fourth-order valence-corrected chi connectivity index (χ4v) is 3.28. The third-order valence-electron chi connectivity index (χ3n) is 4.40. The molecule has 2 aliphatic heterocycles. The van der Waals surface area contributed by atoms with Gasteiger partial charge >= 0.3 is 0 Å². The zero-order valence-corrected chi connectivity index (χ0v) is 13.3. The van der Waals surface area contributed by atoms with Gasteiger partial charge in [-0.15, -0.1) is 0 Å². The smallest absolute Gasteiger partial charge is 0.162 e. The number of hydrogen-bond acceptors (Lipinski definition) is 5. The molecule has 23 heavy (non-hydrogen) atoms. The van der Waals surface area contributed by atoms with Crippen LogP contribution in [-0.2, 0) is 6.54 Å². The third kappa shape index (κ3) is 3.04. The van der Waals surface area contributed by atoms with Crippen LogP contribution in [-0.4, -0.2) is 54.0 Å². The Hall–Kier alpha value is -2.05. The lowest BCUT2D eigenvalue weighted by molar-refractivity contribution is 0.171. The number of ether oxygens (including phenoxy) is 2. The molecule has 2 N–H and O–H groups in total. The maximum absolute atomic E-state index is 5.69. The Balaban J connectivity index is 1.57. The second kappa shape index (κ2) is 6.22. The SMILES string of the molecule is CC1CN(Cc2cn[nH]c2-c2ccc3c(c2)OCCO3)CCN1. The van der Waals surface area contributed by atoms with E-state index in [1.165, 1.54) is 5.56 Å². The molecule has 0 amide bonds. The molecule has 0 aliphatic carbocycles. The van der Waals surface area contributed by atoms with E-state index < -0.39 is 0 Å². The highest BCUT2D eigenvalue weighted by Crippen LogP contribution is 2.35. The number of hydrogen-bond donors (Lipinski definition) is 2. The van der Waals surface area contributed by atoms with Crippen molar-refractivity contribution in [1.82, 2.24) is 20.4 Å². The summed E-state index contributed by atoms with van der Waals surface area (Å²) in [5.74, 6) is 1.63. The van der Waals surface area contributed by atoms with Crippen LogP contribution in [0.5, 0.6) is 11.5 Å². The highest BCUT2D eigenvalue weighted by atomic mass is 16.6. The van der Waals surface area contributed by atoms with Gasteiger partial charge in [0, 0.05) is 43.3 Å². The number of nitrogens with one attached hydrogen (secondary N) is 2. The Morgan fingerprint density at radius 3 is 3.00 bits per heavy atom. The summed E-state index contributed by atoms with van der Waals surface area (Å²) in [7, 11) is 0. The highest BCUT2D eigenvalue weighted by Gasteiger charge is 2.19. The van der Waals surface area contributed by atoms with Crippen LogP contribution >= 0.6 is 0 Å². The summed E-state index contributed by atoms with van der Waals surface area (Å²) in [6.45, 7) is 7.52. The van der Waals surface area contributed by atoms with Crippen molar-refractivity contribution in [3.8, 4) is 22.8 Å². The second-order valence-electron chi connectivity index (χ2n) is 6.22. The molecule has 1 saturated heterocycles. The number of aromatic nitrogens is 2. The van der Waals surface area contributed by atoms with Gasteiger partial charge in [-0.2, -0.15) is 5.10 Å².